The van der Waals surface area contributed by atoms with Gasteiger partial charge in [0.15, 0.2) is 5.78 Å². The summed E-state index contributed by atoms with van der Waals surface area (Å²) in [4.78, 5) is 30.2. The first-order chi connectivity index (χ1) is 14.1. The van der Waals surface area contributed by atoms with Crippen LogP contribution in [0.5, 0.6) is 0 Å². The second-order valence-electron chi connectivity index (χ2n) is 7.43. The second kappa shape index (κ2) is 8.03. The highest BCUT2D eigenvalue weighted by atomic mass is 16.5. The van der Waals surface area contributed by atoms with E-state index in [1.54, 1.807) is 19.3 Å². The quantitative estimate of drug-likeness (QED) is 0.802. The molecule has 1 aliphatic carbocycles. The average Bonchev–Trinajstić information content (AvgIpc) is 2.74. The zero-order chi connectivity index (χ0) is 20.4. The van der Waals surface area contributed by atoms with Crippen molar-refractivity contribution in [3.05, 3.63) is 88.5 Å². The molecule has 2 aromatic rings. The third kappa shape index (κ3) is 3.60. The van der Waals surface area contributed by atoms with Crippen molar-refractivity contribution in [2.75, 3.05) is 6.61 Å². The fraction of sp³-hybridized carbons (Fsp3) is 0.292. The molecule has 0 fully saturated rings. The Morgan fingerprint density at radius 2 is 1.83 bits per heavy atom. The number of allylic oxidation sites excluding steroid dienone is 3. The Morgan fingerprint density at radius 3 is 2.52 bits per heavy atom. The highest BCUT2D eigenvalue weighted by Crippen LogP contribution is 2.45. The summed E-state index contributed by atoms with van der Waals surface area (Å²) in [5, 5.41) is 3.36. The smallest absolute Gasteiger partial charge is 0.336 e. The number of carbonyl (C=O) groups excluding carboxylic acids is 2. The number of ketones is 1. The van der Waals surface area contributed by atoms with Gasteiger partial charge in [0, 0.05) is 41.7 Å². The van der Waals surface area contributed by atoms with Crippen LogP contribution >= 0.6 is 0 Å². The summed E-state index contributed by atoms with van der Waals surface area (Å²) in [5.74, 6) is -0.616. The molecule has 0 saturated carbocycles. The van der Waals surface area contributed by atoms with Crippen LogP contribution in [0.25, 0.3) is 0 Å². The Bertz CT molecular complexity index is 993. The van der Waals surface area contributed by atoms with Crippen molar-refractivity contribution in [3.8, 4) is 0 Å². The van der Waals surface area contributed by atoms with Gasteiger partial charge in [-0.3, -0.25) is 9.78 Å². The summed E-state index contributed by atoms with van der Waals surface area (Å²) < 4.78 is 5.32. The van der Waals surface area contributed by atoms with E-state index in [-0.39, 0.29) is 24.3 Å². The van der Waals surface area contributed by atoms with Crippen molar-refractivity contribution in [3.63, 3.8) is 0 Å². The number of nitrogens with zero attached hydrogens (tertiary/aromatic N) is 1. The summed E-state index contributed by atoms with van der Waals surface area (Å²) >= 11 is 0. The molecule has 0 bridgehead atoms. The lowest BCUT2D eigenvalue weighted by Crippen LogP contribution is -2.36. The number of benzene rings is 1. The van der Waals surface area contributed by atoms with Crippen molar-refractivity contribution >= 4 is 11.8 Å². The van der Waals surface area contributed by atoms with Gasteiger partial charge < -0.3 is 10.1 Å². The third-order valence-corrected chi connectivity index (χ3v) is 5.63. The minimum Gasteiger partial charge on any atom is -0.463 e. The minimum atomic E-state index is -0.433. The topological polar surface area (TPSA) is 68.3 Å². The number of esters is 1. The SMILES string of the molecule is CCOC(=O)C1=C(C)NC2=C(C(=O)C[C@H](c3ccccc3)C2)[C@@H]1c1ccncc1. The summed E-state index contributed by atoms with van der Waals surface area (Å²) in [6, 6.07) is 13.9. The molecule has 2 aliphatic rings. The molecule has 0 amide bonds. The zero-order valence-corrected chi connectivity index (χ0v) is 16.6. The van der Waals surface area contributed by atoms with E-state index in [0.717, 1.165) is 28.9 Å². The monoisotopic (exact) mass is 388 g/mol. The Hall–Kier alpha value is -3.21. The van der Waals surface area contributed by atoms with E-state index < -0.39 is 5.92 Å². The molecular formula is C24H24N2O3. The van der Waals surface area contributed by atoms with Gasteiger partial charge >= 0.3 is 5.97 Å². The largest absolute Gasteiger partial charge is 0.463 e. The Morgan fingerprint density at radius 1 is 1.10 bits per heavy atom. The fourth-order valence-electron chi connectivity index (χ4n) is 4.37. The molecule has 0 unspecified atom stereocenters. The molecule has 0 radical (unpaired) electrons. The highest BCUT2D eigenvalue weighted by molar-refractivity contribution is 6.04. The summed E-state index contributed by atoms with van der Waals surface area (Å²) in [5.41, 5.74) is 4.86. The molecule has 5 heteroatoms. The van der Waals surface area contributed by atoms with Crippen LogP contribution in [0.3, 0.4) is 0 Å². The normalized spacial score (nSPS) is 21.5. The van der Waals surface area contributed by atoms with Crippen molar-refractivity contribution in [2.45, 2.75) is 38.5 Å². The Balaban J connectivity index is 1.79. The molecule has 148 valence electrons. The highest BCUT2D eigenvalue weighted by Gasteiger charge is 2.41. The molecule has 1 aromatic carbocycles. The van der Waals surface area contributed by atoms with Gasteiger partial charge in [-0.05, 0) is 49.4 Å². The van der Waals surface area contributed by atoms with Gasteiger partial charge in [-0.2, -0.15) is 0 Å². The van der Waals surface area contributed by atoms with Gasteiger partial charge in [-0.1, -0.05) is 30.3 Å². The number of ether oxygens (including phenoxy) is 1. The molecular weight excluding hydrogens is 364 g/mol. The van der Waals surface area contributed by atoms with Gasteiger partial charge in [-0.15, -0.1) is 0 Å². The molecule has 2 heterocycles. The lowest BCUT2D eigenvalue weighted by Gasteiger charge is -2.36. The maximum absolute atomic E-state index is 13.3. The van der Waals surface area contributed by atoms with Crippen LogP contribution in [0, 0.1) is 0 Å². The second-order valence-corrected chi connectivity index (χ2v) is 7.43. The predicted molar refractivity (Wildman–Crippen MR) is 110 cm³/mol. The summed E-state index contributed by atoms with van der Waals surface area (Å²) in [7, 11) is 0. The van der Waals surface area contributed by atoms with Crippen LogP contribution in [-0.2, 0) is 14.3 Å². The zero-order valence-electron chi connectivity index (χ0n) is 16.6. The van der Waals surface area contributed by atoms with Crippen molar-refractivity contribution in [1.29, 1.82) is 0 Å². The van der Waals surface area contributed by atoms with Crippen molar-refractivity contribution < 1.29 is 14.3 Å². The summed E-state index contributed by atoms with van der Waals surface area (Å²) in [6.45, 7) is 3.95. The van der Waals surface area contributed by atoms with Crippen LogP contribution in [0.15, 0.2) is 77.4 Å². The van der Waals surface area contributed by atoms with Crippen molar-refractivity contribution in [2.24, 2.45) is 0 Å². The third-order valence-electron chi connectivity index (χ3n) is 5.63. The predicted octanol–water partition coefficient (Wildman–Crippen LogP) is 4.01. The number of hydrogen-bond donors (Lipinski definition) is 1. The van der Waals surface area contributed by atoms with Crippen LogP contribution < -0.4 is 5.32 Å². The molecule has 5 nitrogen and oxygen atoms in total. The Labute approximate surface area is 170 Å². The van der Waals surface area contributed by atoms with Crippen LogP contribution in [0.4, 0.5) is 0 Å². The molecule has 1 N–H and O–H groups in total. The maximum Gasteiger partial charge on any atom is 0.336 e. The summed E-state index contributed by atoms with van der Waals surface area (Å²) in [6.07, 6.45) is 4.55. The number of carbonyl (C=O) groups is 2. The molecule has 2 atom stereocenters. The maximum atomic E-state index is 13.3. The molecule has 4 rings (SSSR count). The number of rotatable bonds is 4. The number of pyridine rings is 1. The Kier molecular flexibility index (Phi) is 5.30. The first-order valence-corrected chi connectivity index (χ1v) is 9.96. The first-order valence-electron chi connectivity index (χ1n) is 9.96. The van der Waals surface area contributed by atoms with Gasteiger partial charge in [0.05, 0.1) is 12.2 Å². The molecule has 0 saturated heterocycles. The fourth-order valence-corrected chi connectivity index (χ4v) is 4.37. The first kappa shape index (κ1) is 19.1. The van der Waals surface area contributed by atoms with E-state index in [2.05, 4.69) is 22.4 Å². The number of hydrogen-bond acceptors (Lipinski definition) is 5. The molecule has 1 aliphatic heterocycles. The van der Waals surface area contributed by atoms with Crippen LogP contribution in [0.2, 0.25) is 0 Å². The molecule has 0 spiro atoms. The molecule has 29 heavy (non-hydrogen) atoms. The van der Waals surface area contributed by atoms with Gasteiger partial charge in [0.25, 0.3) is 0 Å². The number of aromatic nitrogens is 1. The molecule has 1 aromatic heterocycles. The number of nitrogens with one attached hydrogen (secondary N) is 1. The number of Topliss-reactive ketones (excluding diaryl/α,β-unsaturated/α-hetero) is 1. The lowest BCUT2D eigenvalue weighted by atomic mass is 9.72. The van der Waals surface area contributed by atoms with E-state index in [9.17, 15) is 9.59 Å². The van der Waals surface area contributed by atoms with Gasteiger partial charge in [0.1, 0.15) is 0 Å². The van der Waals surface area contributed by atoms with Gasteiger partial charge in [0.2, 0.25) is 0 Å². The average molecular weight is 388 g/mol. The van der Waals surface area contributed by atoms with E-state index in [1.807, 2.05) is 37.3 Å². The van der Waals surface area contributed by atoms with Crippen molar-refractivity contribution in [1.82, 2.24) is 10.3 Å². The number of dihydropyridines is 1. The van der Waals surface area contributed by atoms with Crippen LogP contribution in [0.1, 0.15) is 49.7 Å². The van der Waals surface area contributed by atoms with E-state index in [4.69, 9.17) is 4.74 Å². The van der Waals surface area contributed by atoms with Crippen LogP contribution in [-0.4, -0.2) is 23.3 Å². The minimum absolute atomic E-state index is 0.0729. The van der Waals surface area contributed by atoms with E-state index >= 15 is 0 Å². The lowest BCUT2D eigenvalue weighted by molar-refractivity contribution is -0.138. The van der Waals surface area contributed by atoms with E-state index in [1.165, 1.54) is 0 Å². The van der Waals surface area contributed by atoms with E-state index in [0.29, 0.717) is 17.6 Å². The van der Waals surface area contributed by atoms with Gasteiger partial charge in [-0.25, -0.2) is 4.79 Å². The standard InChI is InChI=1S/C24H24N2O3/c1-3-29-24(28)21-15(2)26-19-13-18(16-7-5-4-6-8-16)14-20(27)23(19)22(21)17-9-11-25-12-10-17/h4-12,18,22,26H,3,13-14H2,1-2H3/t18-,22-/m1/s1.